The molecular weight excluding hydrogens is 454 g/mol. The minimum atomic E-state index is -3.85. The lowest BCUT2D eigenvalue weighted by Crippen LogP contribution is -2.53. The molecule has 34 heavy (non-hydrogen) atoms. The maximum atomic E-state index is 13.7. The van der Waals surface area contributed by atoms with Crippen molar-refractivity contribution in [3.05, 3.63) is 53.0 Å². The molecule has 0 aliphatic carbocycles. The highest BCUT2D eigenvalue weighted by molar-refractivity contribution is 7.89. The van der Waals surface area contributed by atoms with Gasteiger partial charge in [-0.1, -0.05) is 31.5 Å². The van der Waals surface area contributed by atoms with Crippen LogP contribution in [0.25, 0.3) is 0 Å². The highest BCUT2D eigenvalue weighted by Crippen LogP contribution is 2.26. The maximum absolute atomic E-state index is 13.7. The quantitative estimate of drug-likeness (QED) is 0.568. The van der Waals surface area contributed by atoms with Crippen molar-refractivity contribution in [3.8, 4) is 0 Å². The van der Waals surface area contributed by atoms with Crippen LogP contribution in [0.5, 0.6) is 0 Å². The fourth-order valence-electron chi connectivity index (χ4n) is 4.36. The number of carbonyl (C=O) groups is 2. The van der Waals surface area contributed by atoms with Crippen LogP contribution in [-0.2, 0) is 14.8 Å². The number of hydrogen-bond acceptors (Lipinski definition) is 5. The first-order valence-corrected chi connectivity index (χ1v) is 13.1. The number of nitrogens with zero attached hydrogens (tertiary/aromatic N) is 3. The molecule has 1 aliphatic rings. The van der Waals surface area contributed by atoms with Crippen molar-refractivity contribution in [2.45, 2.75) is 45.9 Å². The second-order valence-electron chi connectivity index (χ2n) is 9.40. The van der Waals surface area contributed by atoms with Gasteiger partial charge in [0.2, 0.25) is 15.9 Å². The molecule has 0 spiro atoms. The van der Waals surface area contributed by atoms with Gasteiger partial charge in [0.05, 0.1) is 17.7 Å². The molecule has 2 amide bonds. The van der Waals surface area contributed by atoms with Gasteiger partial charge in [-0.2, -0.15) is 4.31 Å². The molecule has 9 heteroatoms. The molecule has 1 aromatic heterocycles. The van der Waals surface area contributed by atoms with Crippen molar-refractivity contribution in [3.63, 3.8) is 0 Å². The number of piperazine rings is 1. The topological polar surface area (TPSA) is 91.1 Å². The van der Waals surface area contributed by atoms with Crippen molar-refractivity contribution < 1.29 is 22.4 Å². The molecule has 1 fully saturated rings. The van der Waals surface area contributed by atoms with Crippen LogP contribution in [0.1, 0.15) is 47.5 Å². The van der Waals surface area contributed by atoms with Gasteiger partial charge >= 0.3 is 0 Å². The Hall–Kier alpha value is -2.65. The van der Waals surface area contributed by atoms with E-state index in [1.54, 1.807) is 35.8 Å². The van der Waals surface area contributed by atoms with Crippen LogP contribution in [0.15, 0.2) is 39.8 Å². The number of aryl methyl sites for hydroxylation is 3. The molecule has 2 aromatic rings. The molecular formula is C25H35N3O5S. The van der Waals surface area contributed by atoms with Crippen molar-refractivity contribution >= 4 is 21.8 Å². The molecule has 0 radical (unpaired) electrons. The summed E-state index contributed by atoms with van der Waals surface area (Å²) >= 11 is 0. The van der Waals surface area contributed by atoms with E-state index >= 15 is 0 Å². The summed E-state index contributed by atoms with van der Waals surface area (Å²) in [5.41, 5.74) is 2.37. The third kappa shape index (κ3) is 5.88. The van der Waals surface area contributed by atoms with Crippen LogP contribution in [-0.4, -0.2) is 73.6 Å². The molecule has 0 saturated carbocycles. The molecule has 0 atom stereocenters. The molecule has 0 N–H and O–H groups in total. The summed E-state index contributed by atoms with van der Waals surface area (Å²) in [6.45, 7) is 11.1. The van der Waals surface area contributed by atoms with Gasteiger partial charge in [-0.05, 0) is 56.4 Å². The van der Waals surface area contributed by atoms with Crippen molar-refractivity contribution in [1.82, 2.24) is 14.1 Å². The summed E-state index contributed by atoms with van der Waals surface area (Å²) in [6.07, 6.45) is 2.11. The highest BCUT2D eigenvalue weighted by Gasteiger charge is 2.32. The molecule has 2 heterocycles. The summed E-state index contributed by atoms with van der Waals surface area (Å²) in [7, 11) is -3.85. The number of amides is 2. The van der Waals surface area contributed by atoms with Crippen LogP contribution < -0.4 is 0 Å². The average Bonchev–Trinajstić information content (AvgIpc) is 3.29. The smallest absolute Gasteiger partial charge is 0.289 e. The van der Waals surface area contributed by atoms with Gasteiger partial charge in [0, 0.05) is 32.7 Å². The van der Waals surface area contributed by atoms with Crippen LogP contribution in [0.2, 0.25) is 0 Å². The lowest BCUT2D eigenvalue weighted by molar-refractivity contribution is -0.132. The number of sulfonamides is 1. The minimum Gasteiger partial charge on any atom is -0.459 e. The monoisotopic (exact) mass is 489 g/mol. The Bertz CT molecular complexity index is 1090. The number of carbonyl (C=O) groups excluding carboxylic acids is 2. The average molecular weight is 490 g/mol. The molecule has 3 rings (SSSR count). The van der Waals surface area contributed by atoms with E-state index in [2.05, 4.69) is 0 Å². The SMILES string of the molecule is Cc1cc(C)c(S(=O)(=O)N(CCC(C)C)CC(=O)N2CCN(C(=O)c3ccco3)CC2)c(C)c1. The third-order valence-corrected chi connectivity index (χ3v) is 8.27. The van der Waals surface area contributed by atoms with Gasteiger partial charge in [0.25, 0.3) is 5.91 Å². The van der Waals surface area contributed by atoms with Crippen molar-refractivity contribution in [2.24, 2.45) is 5.92 Å². The fourth-order valence-corrected chi connectivity index (χ4v) is 6.17. The standard InChI is InChI=1S/C25H35N3O5S/c1-18(2)8-9-28(34(31,32)24-20(4)15-19(3)16-21(24)5)17-23(29)26-10-12-27(13-11-26)25(30)22-7-6-14-33-22/h6-7,14-16,18H,8-13,17H2,1-5H3. The first-order chi connectivity index (χ1) is 16.0. The van der Waals surface area contributed by atoms with E-state index in [-0.39, 0.29) is 35.6 Å². The zero-order chi connectivity index (χ0) is 25.0. The minimum absolute atomic E-state index is 0.205. The predicted octanol–water partition coefficient (Wildman–Crippen LogP) is 3.23. The summed E-state index contributed by atoms with van der Waals surface area (Å²) in [6, 6.07) is 7.00. The normalized spacial score (nSPS) is 14.8. The summed E-state index contributed by atoms with van der Waals surface area (Å²) in [5, 5.41) is 0. The molecule has 1 aromatic carbocycles. The summed E-state index contributed by atoms with van der Waals surface area (Å²) in [5.74, 6) is 0.113. The second kappa shape index (κ2) is 10.7. The molecule has 8 nitrogen and oxygen atoms in total. The molecule has 1 aliphatic heterocycles. The number of hydrogen-bond donors (Lipinski definition) is 0. The van der Waals surface area contributed by atoms with Gasteiger partial charge in [0.1, 0.15) is 0 Å². The van der Waals surface area contributed by atoms with E-state index in [9.17, 15) is 18.0 Å². The first kappa shape index (κ1) is 26.0. The molecule has 0 unspecified atom stereocenters. The van der Waals surface area contributed by atoms with Crippen molar-refractivity contribution in [1.29, 1.82) is 0 Å². The molecule has 0 bridgehead atoms. The number of furan rings is 1. The number of rotatable bonds is 8. The Morgan fingerprint density at radius 2 is 1.62 bits per heavy atom. The second-order valence-corrected chi connectivity index (χ2v) is 11.3. The van der Waals surface area contributed by atoms with Crippen LogP contribution in [0.4, 0.5) is 0 Å². The van der Waals surface area contributed by atoms with Gasteiger partial charge in [-0.25, -0.2) is 8.42 Å². The Morgan fingerprint density at radius 1 is 1.03 bits per heavy atom. The van der Waals surface area contributed by atoms with Gasteiger partial charge in [-0.3, -0.25) is 9.59 Å². The van der Waals surface area contributed by atoms with Gasteiger partial charge < -0.3 is 14.2 Å². The molecule has 1 saturated heterocycles. The molecule has 186 valence electrons. The van der Waals surface area contributed by atoms with Gasteiger partial charge in [0.15, 0.2) is 5.76 Å². The fraction of sp³-hybridized carbons (Fsp3) is 0.520. The summed E-state index contributed by atoms with van der Waals surface area (Å²) < 4.78 is 33.9. The van der Waals surface area contributed by atoms with E-state index in [1.807, 2.05) is 32.9 Å². The highest BCUT2D eigenvalue weighted by atomic mass is 32.2. The predicted molar refractivity (Wildman–Crippen MR) is 130 cm³/mol. The Kier molecular flexibility index (Phi) is 8.20. The van der Waals surface area contributed by atoms with E-state index in [4.69, 9.17) is 4.42 Å². The van der Waals surface area contributed by atoms with E-state index < -0.39 is 10.0 Å². The Labute approximate surface area is 202 Å². The zero-order valence-corrected chi connectivity index (χ0v) is 21.5. The van der Waals surface area contributed by atoms with Gasteiger partial charge in [-0.15, -0.1) is 0 Å². The van der Waals surface area contributed by atoms with Crippen LogP contribution in [0, 0.1) is 26.7 Å². The zero-order valence-electron chi connectivity index (χ0n) is 20.7. The number of benzene rings is 1. The van der Waals surface area contributed by atoms with E-state index in [0.29, 0.717) is 49.6 Å². The lowest BCUT2D eigenvalue weighted by atomic mass is 10.1. The Balaban J connectivity index is 1.74. The Morgan fingerprint density at radius 3 is 2.15 bits per heavy atom. The van der Waals surface area contributed by atoms with Crippen LogP contribution >= 0.6 is 0 Å². The maximum Gasteiger partial charge on any atom is 0.289 e. The lowest BCUT2D eigenvalue weighted by Gasteiger charge is -2.35. The first-order valence-electron chi connectivity index (χ1n) is 11.7. The van der Waals surface area contributed by atoms with E-state index in [1.165, 1.54) is 10.6 Å². The van der Waals surface area contributed by atoms with Crippen LogP contribution in [0.3, 0.4) is 0 Å². The van der Waals surface area contributed by atoms with Crippen molar-refractivity contribution in [2.75, 3.05) is 39.3 Å². The van der Waals surface area contributed by atoms with E-state index in [0.717, 1.165) is 5.56 Å². The third-order valence-electron chi connectivity index (χ3n) is 6.12. The largest absolute Gasteiger partial charge is 0.459 e. The summed E-state index contributed by atoms with van der Waals surface area (Å²) in [4.78, 5) is 29.2.